The zero-order valence-corrected chi connectivity index (χ0v) is 15.8. The molecule has 7 heteroatoms. The molecule has 3 aromatic rings. The molecule has 0 amide bonds. The minimum Gasteiger partial charge on any atom is -0.497 e. The molecule has 27 heavy (non-hydrogen) atoms. The van der Waals surface area contributed by atoms with Gasteiger partial charge in [0.1, 0.15) is 11.6 Å². The topological polar surface area (TPSA) is 67.5 Å². The third-order valence-corrected chi connectivity index (χ3v) is 5.05. The van der Waals surface area contributed by atoms with Crippen LogP contribution >= 0.6 is 0 Å². The zero-order valence-electron chi connectivity index (χ0n) is 15.8. The summed E-state index contributed by atoms with van der Waals surface area (Å²) in [7, 11) is 3.80. The molecule has 0 radical (unpaired) electrons. The third-order valence-electron chi connectivity index (χ3n) is 5.05. The SMILES string of the molecule is COc1ccc(-c2noc(-c3ccc(N4CCN(C)[C@@H](C)C4)nc3)n2)cc1. The number of piperazine rings is 1. The first-order valence-corrected chi connectivity index (χ1v) is 9.04. The molecule has 3 heterocycles. The first kappa shape index (κ1) is 17.5. The van der Waals surface area contributed by atoms with Crippen LogP contribution in [0, 0.1) is 0 Å². The largest absolute Gasteiger partial charge is 0.497 e. The van der Waals surface area contributed by atoms with Crippen LogP contribution in [0.1, 0.15) is 6.92 Å². The number of methoxy groups -OCH3 is 1. The first-order chi connectivity index (χ1) is 13.1. The average Bonchev–Trinajstić information content (AvgIpc) is 3.20. The van der Waals surface area contributed by atoms with Gasteiger partial charge in [-0.15, -0.1) is 0 Å². The van der Waals surface area contributed by atoms with Crippen molar-refractivity contribution in [3.63, 3.8) is 0 Å². The van der Waals surface area contributed by atoms with Gasteiger partial charge in [-0.3, -0.25) is 0 Å². The second-order valence-electron chi connectivity index (χ2n) is 6.83. The Kier molecular flexibility index (Phi) is 4.77. The van der Waals surface area contributed by atoms with Crippen LogP contribution in [0.2, 0.25) is 0 Å². The number of ether oxygens (including phenoxy) is 1. The van der Waals surface area contributed by atoms with Crippen molar-refractivity contribution in [3.8, 4) is 28.6 Å². The lowest BCUT2D eigenvalue weighted by Gasteiger charge is -2.38. The van der Waals surface area contributed by atoms with Crippen molar-refractivity contribution in [1.82, 2.24) is 20.0 Å². The molecule has 1 atom stereocenters. The zero-order chi connectivity index (χ0) is 18.8. The number of likely N-dealkylation sites (N-methyl/N-ethyl adjacent to an activating group) is 1. The molecule has 7 nitrogen and oxygen atoms in total. The van der Waals surface area contributed by atoms with E-state index in [1.54, 1.807) is 13.3 Å². The number of benzene rings is 1. The van der Waals surface area contributed by atoms with Gasteiger partial charge in [0, 0.05) is 37.4 Å². The van der Waals surface area contributed by atoms with Crippen LogP contribution in [0.25, 0.3) is 22.8 Å². The van der Waals surface area contributed by atoms with Gasteiger partial charge in [-0.25, -0.2) is 4.98 Å². The summed E-state index contributed by atoms with van der Waals surface area (Å²) in [6.07, 6.45) is 1.80. The third kappa shape index (κ3) is 3.64. The molecular weight excluding hydrogens is 342 g/mol. The smallest absolute Gasteiger partial charge is 0.259 e. The molecule has 1 aliphatic heterocycles. The molecule has 140 valence electrons. The fraction of sp³-hybridized carbons (Fsp3) is 0.350. The van der Waals surface area contributed by atoms with E-state index in [4.69, 9.17) is 9.26 Å². The van der Waals surface area contributed by atoms with Gasteiger partial charge in [-0.05, 0) is 50.4 Å². The summed E-state index contributed by atoms with van der Waals surface area (Å²) >= 11 is 0. The quantitative estimate of drug-likeness (QED) is 0.704. The summed E-state index contributed by atoms with van der Waals surface area (Å²) in [5.74, 6) is 2.78. The fourth-order valence-electron chi connectivity index (χ4n) is 3.15. The fourth-order valence-corrected chi connectivity index (χ4v) is 3.15. The van der Waals surface area contributed by atoms with E-state index in [2.05, 4.69) is 38.9 Å². The molecule has 0 unspecified atom stereocenters. The number of anilines is 1. The number of nitrogens with zero attached hydrogens (tertiary/aromatic N) is 5. The maximum absolute atomic E-state index is 5.43. The van der Waals surface area contributed by atoms with Gasteiger partial charge in [-0.1, -0.05) is 5.16 Å². The van der Waals surface area contributed by atoms with Crippen LogP contribution in [0.5, 0.6) is 5.75 Å². The highest BCUT2D eigenvalue weighted by Gasteiger charge is 2.21. The standard InChI is InChI=1S/C20H23N5O2/c1-14-13-25(11-10-24(14)2)18-9-6-16(12-21-18)20-22-19(23-27-20)15-4-7-17(26-3)8-5-15/h4-9,12,14H,10-11,13H2,1-3H3/t14-/m0/s1. The molecule has 4 rings (SSSR count). The summed E-state index contributed by atoms with van der Waals surface area (Å²) in [6.45, 7) is 5.24. The molecule has 1 aliphatic rings. The molecule has 1 fully saturated rings. The van der Waals surface area contributed by atoms with Crippen LogP contribution in [0.3, 0.4) is 0 Å². The highest BCUT2D eigenvalue weighted by molar-refractivity contribution is 5.61. The van der Waals surface area contributed by atoms with Crippen LogP contribution in [0.4, 0.5) is 5.82 Å². The van der Waals surface area contributed by atoms with Crippen LogP contribution < -0.4 is 9.64 Å². The Morgan fingerprint density at radius 2 is 1.85 bits per heavy atom. The Morgan fingerprint density at radius 3 is 2.52 bits per heavy atom. The minimum absolute atomic E-state index is 0.464. The summed E-state index contributed by atoms with van der Waals surface area (Å²) in [5, 5.41) is 4.08. The number of pyridine rings is 1. The van der Waals surface area contributed by atoms with Crippen molar-refractivity contribution >= 4 is 5.82 Å². The maximum Gasteiger partial charge on any atom is 0.259 e. The van der Waals surface area contributed by atoms with Gasteiger partial charge in [0.2, 0.25) is 5.82 Å². The van der Waals surface area contributed by atoms with E-state index in [1.165, 1.54) is 0 Å². The number of hydrogen-bond acceptors (Lipinski definition) is 7. The molecule has 0 saturated carbocycles. The van der Waals surface area contributed by atoms with E-state index in [0.717, 1.165) is 42.3 Å². The van der Waals surface area contributed by atoms with Gasteiger partial charge in [-0.2, -0.15) is 4.98 Å². The van der Waals surface area contributed by atoms with Crippen molar-refractivity contribution in [1.29, 1.82) is 0 Å². The Morgan fingerprint density at radius 1 is 1.07 bits per heavy atom. The van der Waals surface area contributed by atoms with E-state index in [1.807, 2.05) is 36.4 Å². The van der Waals surface area contributed by atoms with Crippen molar-refractivity contribution in [2.45, 2.75) is 13.0 Å². The van der Waals surface area contributed by atoms with Crippen molar-refractivity contribution in [2.24, 2.45) is 0 Å². The van der Waals surface area contributed by atoms with Crippen LogP contribution in [0.15, 0.2) is 47.1 Å². The predicted octanol–water partition coefficient (Wildman–Crippen LogP) is 2.95. The lowest BCUT2D eigenvalue weighted by atomic mass is 10.2. The summed E-state index contributed by atoms with van der Waals surface area (Å²) in [6, 6.07) is 12.1. The lowest BCUT2D eigenvalue weighted by molar-refractivity contribution is 0.233. The highest BCUT2D eigenvalue weighted by atomic mass is 16.5. The Bertz CT molecular complexity index is 891. The van der Waals surface area contributed by atoms with Crippen LogP contribution in [-0.2, 0) is 0 Å². The summed E-state index contributed by atoms with van der Waals surface area (Å²) < 4.78 is 10.6. The predicted molar refractivity (Wildman–Crippen MR) is 104 cm³/mol. The normalized spacial score (nSPS) is 17.9. The van der Waals surface area contributed by atoms with Gasteiger partial charge >= 0.3 is 0 Å². The Labute approximate surface area is 158 Å². The van der Waals surface area contributed by atoms with Crippen molar-refractivity contribution in [2.75, 3.05) is 38.7 Å². The average molecular weight is 365 g/mol. The molecule has 1 aromatic carbocycles. The van der Waals surface area contributed by atoms with E-state index >= 15 is 0 Å². The number of aromatic nitrogens is 3. The van der Waals surface area contributed by atoms with Crippen molar-refractivity contribution in [3.05, 3.63) is 42.6 Å². The molecule has 0 N–H and O–H groups in total. The first-order valence-electron chi connectivity index (χ1n) is 9.04. The van der Waals surface area contributed by atoms with Gasteiger partial charge in [0.15, 0.2) is 0 Å². The summed E-state index contributed by atoms with van der Waals surface area (Å²) in [5.41, 5.74) is 1.69. The molecule has 2 aromatic heterocycles. The molecule has 0 bridgehead atoms. The van der Waals surface area contributed by atoms with Gasteiger partial charge in [0.05, 0.1) is 12.7 Å². The monoisotopic (exact) mass is 365 g/mol. The molecular formula is C20H23N5O2. The van der Waals surface area contributed by atoms with E-state index in [-0.39, 0.29) is 0 Å². The van der Waals surface area contributed by atoms with E-state index in [9.17, 15) is 0 Å². The second-order valence-corrected chi connectivity index (χ2v) is 6.83. The lowest BCUT2D eigenvalue weighted by Crippen LogP contribution is -2.50. The molecule has 0 spiro atoms. The molecule has 0 aliphatic carbocycles. The Balaban J connectivity index is 1.50. The number of rotatable bonds is 4. The Hall–Kier alpha value is -2.93. The summed E-state index contributed by atoms with van der Waals surface area (Å²) in [4.78, 5) is 13.8. The van der Waals surface area contributed by atoms with Gasteiger partial charge in [0.25, 0.3) is 5.89 Å². The van der Waals surface area contributed by atoms with Gasteiger partial charge < -0.3 is 19.1 Å². The maximum atomic E-state index is 5.43. The minimum atomic E-state index is 0.464. The van der Waals surface area contributed by atoms with Crippen molar-refractivity contribution < 1.29 is 9.26 Å². The van der Waals surface area contributed by atoms with Crippen LogP contribution in [-0.4, -0.2) is 59.9 Å². The van der Waals surface area contributed by atoms with E-state index < -0.39 is 0 Å². The molecule has 1 saturated heterocycles. The second kappa shape index (κ2) is 7.36. The van der Waals surface area contributed by atoms with E-state index in [0.29, 0.717) is 17.8 Å². The highest BCUT2D eigenvalue weighted by Crippen LogP contribution is 2.25. The number of hydrogen-bond donors (Lipinski definition) is 0.